The number of carbonyl (C=O) groups excluding carboxylic acids is 2. The maximum Gasteiger partial charge on any atom is 0.229 e. The van der Waals surface area contributed by atoms with Crippen LogP contribution in [-0.2, 0) is 9.59 Å². The minimum atomic E-state index is -1.13. The van der Waals surface area contributed by atoms with Gasteiger partial charge in [-0.15, -0.1) is 0 Å². The molecule has 0 aromatic carbocycles. The molecule has 1 aliphatic carbocycles. The largest absolute Gasteiger partial charge is 0.550 e. The van der Waals surface area contributed by atoms with Crippen LogP contribution in [0.1, 0.15) is 31.2 Å². The van der Waals surface area contributed by atoms with Gasteiger partial charge in [-0.3, -0.25) is 4.79 Å². The van der Waals surface area contributed by atoms with Gasteiger partial charge in [-0.25, -0.2) is 4.98 Å². The van der Waals surface area contributed by atoms with E-state index in [2.05, 4.69) is 10.3 Å². The summed E-state index contributed by atoms with van der Waals surface area (Å²) in [7, 11) is 0. The number of anilines is 1. The van der Waals surface area contributed by atoms with Gasteiger partial charge < -0.3 is 15.2 Å². The molecule has 0 saturated heterocycles. The van der Waals surface area contributed by atoms with E-state index in [1.807, 2.05) is 13.0 Å². The second-order valence-corrected chi connectivity index (χ2v) is 5.02. The third-order valence-electron chi connectivity index (χ3n) is 3.57. The molecule has 102 valence electrons. The lowest BCUT2D eigenvalue weighted by molar-refractivity contribution is -0.313. The zero-order valence-electron chi connectivity index (χ0n) is 10.9. The molecule has 5 heteroatoms. The van der Waals surface area contributed by atoms with Crippen LogP contribution < -0.4 is 10.4 Å². The molecule has 2 rings (SSSR count). The fourth-order valence-corrected chi connectivity index (χ4v) is 2.55. The highest BCUT2D eigenvalue weighted by atomic mass is 16.4. The number of pyridine rings is 1. The van der Waals surface area contributed by atoms with Gasteiger partial charge in [0.25, 0.3) is 0 Å². The second kappa shape index (κ2) is 5.82. The van der Waals surface area contributed by atoms with Crippen LogP contribution in [0.25, 0.3) is 0 Å². The van der Waals surface area contributed by atoms with Crippen molar-refractivity contribution >= 4 is 17.7 Å². The van der Waals surface area contributed by atoms with E-state index in [0.717, 1.165) is 18.4 Å². The predicted octanol–water partition coefficient (Wildman–Crippen LogP) is 0.885. The van der Waals surface area contributed by atoms with Gasteiger partial charge in [-0.2, -0.15) is 0 Å². The van der Waals surface area contributed by atoms with Gasteiger partial charge in [-0.05, 0) is 37.5 Å². The maximum absolute atomic E-state index is 12.2. The number of carboxylic acids is 1. The molecule has 1 N–H and O–H groups in total. The van der Waals surface area contributed by atoms with Crippen molar-refractivity contribution in [2.45, 2.75) is 32.6 Å². The summed E-state index contributed by atoms with van der Waals surface area (Å²) in [5, 5.41) is 13.8. The lowest BCUT2D eigenvalue weighted by Gasteiger charge is -2.31. The summed E-state index contributed by atoms with van der Waals surface area (Å²) in [6.07, 6.45) is 4.44. The van der Waals surface area contributed by atoms with Crippen molar-refractivity contribution in [3.63, 3.8) is 0 Å². The van der Waals surface area contributed by atoms with Crippen LogP contribution in [0.15, 0.2) is 18.3 Å². The highest BCUT2D eigenvalue weighted by Crippen LogP contribution is 2.30. The lowest BCUT2D eigenvalue weighted by atomic mass is 9.79. The molecule has 1 heterocycles. The van der Waals surface area contributed by atoms with Gasteiger partial charge in [0.2, 0.25) is 5.91 Å². The normalized spacial score (nSPS) is 22.8. The Bertz CT molecular complexity index is 487. The quantitative estimate of drug-likeness (QED) is 0.875. The Hall–Kier alpha value is -1.91. The molecule has 1 aromatic rings. The van der Waals surface area contributed by atoms with Gasteiger partial charge in [0, 0.05) is 24.0 Å². The molecule has 0 unspecified atom stereocenters. The molecule has 1 aromatic heterocycles. The van der Waals surface area contributed by atoms with E-state index in [0.29, 0.717) is 18.7 Å². The summed E-state index contributed by atoms with van der Waals surface area (Å²) in [4.78, 5) is 27.3. The van der Waals surface area contributed by atoms with Crippen molar-refractivity contribution in [1.82, 2.24) is 4.98 Å². The van der Waals surface area contributed by atoms with E-state index in [1.165, 1.54) is 0 Å². The van der Waals surface area contributed by atoms with E-state index in [4.69, 9.17) is 0 Å². The number of carboxylic acid groups (broad SMARTS) is 1. The van der Waals surface area contributed by atoms with Crippen LogP contribution in [0.2, 0.25) is 0 Å². The van der Waals surface area contributed by atoms with Crippen LogP contribution in [-0.4, -0.2) is 16.9 Å². The Kier molecular flexibility index (Phi) is 4.14. The number of hydrogen-bond donors (Lipinski definition) is 1. The molecule has 1 fully saturated rings. The Morgan fingerprint density at radius 1 is 1.32 bits per heavy atom. The van der Waals surface area contributed by atoms with Crippen molar-refractivity contribution in [3.8, 4) is 0 Å². The smallest absolute Gasteiger partial charge is 0.229 e. The van der Waals surface area contributed by atoms with Crippen molar-refractivity contribution in [2.75, 3.05) is 5.32 Å². The fourth-order valence-electron chi connectivity index (χ4n) is 2.55. The number of aromatic nitrogens is 1. The molecule has 19 heavy (non-hydrogen) atoms. The van der Waals surface area contributed by atoms with E-state index in [9.17, 15) is 14.7 Å². The van der Waals surface area contributed by atoms with Gasteiger partial charge >= 0.3 is 0 Å². The number of hydrogen-bond acceptors (Lipinski definition) is 4. The summed E-state index contributed by atoms with van der Waals surface area (Å²) < 4.78 is 0. The van der Waals surface area contributed by atoms with E-state index in [1.54, 1.807) is 12.3 Å². The minimum absolute atomic E-state index is 0.271. The standard InChI is InChI=1S/C14H18N2O3/c1-9-6-7-15-12(8-9)16-13(17)10-4-2-3-5-11(10)14(18)19/h6-8,10-11H,2-5H2,1H3,(H,18,19)(H,15,16,17)/p-1/t10-,11+/m1/s1. The van der Waals surface area contributed by atoms with Crippen LogP contribution in [0.5, 0.6) is 0 Å². The molecular formula is C14H17N2O3-. The zero-order chi connectivity index (χ0) is 13.8. The molecule has 0 aliphatic heterocycles. The molecule has 1 aliphatic rings. The molecule has 0 bridgehead atoms. The Morgan fingerprint density at radius 2 is 2.00 bits per heavy atom. The first kappa shape index (κ1) is 13.5. The third-order valence-corrected chi connectivity index (χ3v) is 3.57. The molecule has 1 amide bonds. The summed E-state index contributed by atoms with van der Waals surface area (Å²) >= 11 is 0. The minimum Gasteiger partial charge on any atom is -0.550 e. The van der Waals surface area contributed by atoms with Gasteiger partial charge in [0.15, 0.2) is 0 Å². The second-order valence-electron chi connectivity index (χ2n) is 5.02. The first-order chi connectivity index (χ1) is 9.08. The topological polar surface area (TPSA) is 82.1 Å². The van der Waals surface area contributed by atoms with E-state index < -0.39 is 17.8 Å². The van der Waals surface area contributed by atoms with Crippen molar-refractivity contribution < 1.29 is 14.7 Å². The van der Waals surface area contributed by atoms with E-state index >= 15 is 0 Å². The average molecular weight is 261 g/mol. The summed E-state index contributed by atoms with van der Waals surface area (Å²) in [5.74, 6) is -2.13. The zero-order valence-corrected chi connectivity index (χ0v) is 10.9. The van der Waals surface area contributed by atoms with Gasteiger partial charge in [0.05, 0.1) is 0 Å². The number of aliphatic carboxylic acids is 1. The summed E-state index contributed by atoms with van der Waals surface area (Å²) in [5.41, 5.74) is 0.991. The number of rotatable bonds is 3. The molecule has 2 atom stereocenters. The van der Waals surface area contributed by atoms with Crippen LogP contribution in [0, 0.1) is 18.8 Å². The van der Waals surface area contributed by atoms with Crippen LogP contribution in [0.3, 0.4) is 0 Å². The van der Waals surface area contributed by atoms with E-state index in [-0.39, 0.29) is 5.91 Å². The highest BCUT2D eigenvalue weighted by Gasteiger charge is 2.31. The lowest BCUT2D eigenvalue weighted by Crippen LogP contribution is -2.42. The number of carbonyl (C=O) groups is 2. The summed E-state index contributed by atoms with van der Waals surface area (Å²) in [6, 6.07) is 3.59. The molecule has 1 saturated carbocycles. The highest BCUT2D eigenvalue weighted by molar-refractivity contribution is 5.94. The Morgan fingerprint density at radius 3 is 2.63 bits per heavy atom. The summed E-state index contributed by atoms with van der Waals surface area (Å²) in [6.45, 7) is 1.90. The Labute approximate surface area is 112 Å². The van der Waals surface area contributed by atoms with Crippen molar-refractivity contribution in [3.05, 3.63) is 23.9 Å². The molecule has 0 spiro atoms. The number of nitrogens with one attached hydrogen (secondary N) is 1. The van der Waals surface area contributed by atoms with Crippen LogP contribution >= 0.6 is 0 Å². The fraction of sp³-hybridized carbons (Fsp3) is 0.500. The number of amides is 1. The van der Waals surface area contributed by atoms with Crippen LogP contribution in [0.4, 0.5) is 5.82 Å². The maximum atomic E-state index is 12.2. The number of aryl methyl sites for hydroxylation is 1. The van der Waals surface area contributed by atoms with Crippen molar-refractivity contribution in [2.24, 2.45) is 11.8 Å². The SMILES string of the molecule is Cc1ccnc(NC(=O)[C@@H]2CCCC[C@@H]2C(=O)[O-])c1. The van der Waals surface area contributed by atoms with Gasteiger partial charge in [0.1, 0.15) is 5.82 Å². The first-order valence-corrected chi connectivity index (χ1v) is 6.52. The number of nitrogens with zero attached hydrogens (tertiary/aromatic N) is 1. The monoisotopic (exact) mass is 261 g/mol. The first-order valence-electron chi connectivity index (χ1n) is 6.52. The van der Waals surface area contributed by atoms with Crippen molar-refractivity contribution in [1.29, 1.82) is 0 Å². The third kappa shape index (κ3) is 3.30. The molecule has 5 nitrogen and oxygen atoms in total. The Balaban J connectivity index is 2.07. The van der Waals surface area contributed by atoms with Gasteiger partial charge in [-0.1, -0.05) is 12.8 Å². The molecule has 0 radical (unpaired) electrons. The average Bonchev–Trinajstić information content (AvgIpc) is 2.38. The molecular weight excluding hydrogens is 244 g/mol. The predicted molar refractivity (Wildman–Crippen MR) is 68.1 cm³/mol.